The average Bonchev–Trinajstić information content (AvgIpc) is 1.20. The van der Waals surface area contributed by atoms with Crippen molar-refractivity contribution in [3.8, 4) is 68.4 Å². The fourth-order valence-corrected chi connectivity index (χ4v) is 14.2. The second-order valence-corrected chi connectivity index (χ2v) is 31.4. The number of allylic oxidation sites excluding steroid dienone is 1. The number of ether oxygens (including phenoxy) is 7. The third-order valence-electron chi connectivity index (χ3n) is 19.8. The Morgan fingerprint density at radius 1 is 0.462 bits per heavy atom. The predicted molar refractivity (Wildman–Crippen MR) is 501 cm³/mol. The van der Waals surface area contributed by atoms with Crippen LogP contribution in [-0.4, -0.2) is 155 Å². The summed E-state index contributed by atoms with van der Waals surface area (Å²) in [5, 5.41) is 24.2. The first-order chi connectivity index (χ1) is 69.2. The van der Waals surface area contributed by atoms with Crippen LogP contribution >= 0.6 is 11.6 Å². The van der Waals surface area contributed by atoms with Gasteiger partial charge < -0.3 is 47.8 Å². The maximum Gasteiger partial charge on any atom is 0.534 e. The molecule has 15 aromatic rings. The number of nitrogens with zero attached hydrogens (tertiary/aromatic N) is 7. The Bertz CT molecular complexity index is 7420. The summed E-state index contributed by atoms with van der Waals surface area (Å²) in [5.41, 5.74) is 3.18. The molecule has 1 amide bonds. The lowest BCUT2D eigenvalue weighted by molar-refractivity contribution is -0.193. The summed E-state index contributed by atoms with van der Waals surface area (Å²) in [6.07, 6.45) is 3.91. The van der Waals surface area contributed by atoms with E-state index in [0.29, 0.717) is 115 Å². The van der Waals surface area contributed by atoms with Crippen molar-refractivity contribution >= 4 is 124 Å². The molecule has 0 aliphatic heterocycles. The number of carboxylic acids is 1. The highest BCUT2D eigenvalue weighted by Gasteiger charge is 2.49. The molecular weight excluding hydrogens is 1970 g/mol. The molecule has 0 radical (unpaired) electrons. The molecule has 0 fully saturated rings. The summed E-state index contributed by atoms with van der Waals surface area (Å²) in [5.74, 6) is -9.77. The number of pyridine rings is 5. The van der Waals surface area contributed by atoms with E-state index in [4.69, 9.17) is 78.6 Å². The van der Waals surface area contributed by atoms with Gasteiger partial charge in [-0.25, -0.2) is 60.9 Å². The molecule has 1 aliphatic carbocycles. The zero-order chi connectivity index (χ0) is 107. The van der Waals surface area contributed by atoms with Gasteiger partial charge in [0, 0.05) is 67.7 Å². The minimum absolute atomic E-state index is 0.00114. The monoisotopic (exact) mass is 2050 g/mol. The van der Waals surface area contributed by atoms with Crippen molar-refractivity contribution in [3.05, 3.63) is 296 Å². The smallest absolute Gasteiger partial charge is 0.490 e. The van der Waals surface area contributed by atoms with Crippen LogP contribution in [0.25, 0.3) is 94.0 Å². The summed E-state index contributed by atoms with van der Waals surface area (Å²) in [6, 6.07) is 45.2. The highest BCUT2D eigenvalue weighted by atomic mass is 35.5. The number of alkyl halides is 3. The maximum atomic E-state index is 15.2. The number of H-pyrrole nitrogens is 1. The van der Waals surface area contributed by atoms with E-state index in [-0.39, 0.29) is 125 Å². The first-order valence-corrected chi connectivity index (χ1v) is 44.7. The van der Waals surface area contributed by atoms with Crippen molar-refractivity contribution in [2.75, 3.05) is 53.3 Å². The highest BCUT2D eigenvalue weighted by molar-refractivity contribution is 7.88. The topological polar surface area (TPSA) is 417 Å². The fraction of sp³-hybridized carbons (Fsp3) is 0.208. The van der Waals surface area contributed by atoms with Crippen molar-refractivity contribution < 1.29 is 151 Å². The van der Waals surface area contributed by atoms with Gasteiger partial charge in [-0.2, -0.15) is 78.9 Å². The molecule has 9 aromatic carbocycles. The van der Waals surface area contributed by atoms with Gasteiger partial charge in [0.1, 0.15) is 34.5 Å². The van der Waals surface area contributed by atoms with Crippen LogP contribution in [0.1, 0.15) is 113 Å². The van der Waals surface area contributed by atoms with Gasteiger partial charge in [-0.05, 0) is 244 Å². The normalized spacial score (nSPS) is 11.0. The van der Waals surface area contributed by atoms with E-state index in [2.05, 4.69) is 49.8 Å². The molecule has 30 nitrogen and oxygen atoms in total. The van der Waals surface area contributed by atoms with Gasteiger partial charge in [-0.3, -0.25) is 9.59 Å². The maximum absolute atomic E-state index is 15.2. The number of fused-ring (bicyclic) bond motifs is 6. The van der Waals surface area contributed by atoms with Gasteiger partial charge in [0.05, 0.1) is 97.4 Å². The number of benzene rings is 9. The first kappa shape index (κ1) is 113. The third-order valence-corrected chi connectivity index (χ3v) is 21.0. The van der Waals surface area contributed by atoms with Gasteiger partial charge in [0.25, 0.3) is 11.8 Å². The lowest BCUT2D eigenvalue weighted by Crippen LogP contribution is -2.28. The number of carboxylic acid groups (broad SMARTS) is 1. The number of amides is 1. The molecule has 3 N–H and O–H groups in total. The van der Waals surface area contributed by atoms with Crippen LogP contribution in [0, 0.1) is 67.3 Å². The van der Waals surface area contributed by atoms with E-state index in [1.54, 1.807) is 84.1 Å². The number of rotatable bonds is 24. The summed E-state index contributed by atoms with van der Waals surface area (Å²) >= 11 is 5.71. The lowest BCUT2D eigenvalue weighted by atomic mass is 9.93. The van der Waals surface area contributed by atoms with Crippen LogP contribution in [0.4, 0.5) is 52.7 Å². The number of nitrogens with one attached hydrogen (secondary N) is 2. The van der Waals surface area contributed by atoms with Crippen molar-refractivity contribution in [2.24, 2.45) is 0 Å². The fourth-order valence-electron chi connectivity index (χ4n) is 13.6. The third kappa shape index (κ3) is 29.6. The number of ketones is 1. The molecule has 0 bridgehead atoms. The molecule has 0 saturated heterocycles. The van der Waals surface area contributed by atoms with Crippen LogP contribution in [0.15, 0.2) is 194 Å². The van der Waals surface area contributed by atoms with E-state index >= 15 is 4.39 Å². The number of aromatic amines is 1. The average molecular weight is 2060 g/mol. The molecular formula is C101H84ClF12N9O21S. The van der Waals surface area contributed by atoms with Crippen molar-refractivity contribution in [2.45, 2.75) is 87.1 Å². The first-order valence-electron chi connectivity index (χ1n) is 43.0. The van der Waals surface area contributed by atoms with Gasteiger partial charge in [-0.15, -0.1) is 0 Å². The molecule has 6 aromatic heterocycles. The molecule has 1 aliphatic rings. The minimum Gasteiger partial charge on any atom is -0.490 e. The molecule has 0 saturated carbocycles. The minimum atomic E-state index is -6.04. The van der Waals surface area contributed by atoms with E-state index in [0.717, 1.165) is 22.4 Å². The number of halogens is 13. The second-order valence-electron chi connectivity index (χ2n) is 29.5. The SMILES string of the molecule is CCOC1=C(F)C(=O)Cc2cc(C)ccc21.CCOc1c(F)c(-c2ccc(F)cc2)nc2cc(C(=O)NCCCc3cn[nH]n3)ccc12.CCOc1c(F)c(-c2ccc(F)cc2)nc2cc(C(=O)O)ccc12.CCOc1c(F)c(-c2ccc(F)cc2)nc2cc(C(=O)OC)ccc12.CCOc1c(F)c(Cl)nc2cc(C)ccc12.CCOc1c(F)c(OS(=O)(=O)C(F)(F)F)nc2cc(C)ccc12.O=C=O.O=C=O.O=C=O. The number of esters is 1. The molecule has 145 heavy (non-hydrogen) atoms. The number of aromatic nitrogens is 8. The van der Waals surface area contributed by atoms with Crippen molar-refractivity contribution in [1.82, 2.24) is 45.6 Å². The Morgan fingerprint density at radius 2 is 0.821 bits per heavy atom. The number of hydrogen-bond donors (Lipinski definition) is 3. The number of aryl methyl sites for hydroxylation is 4. The van der Waals surface area contributed by atoms with Crippen molar-refractivity contribution in [3.63, 3.8) is 0 Å². The molecule has 16 rings (SSSR count). The zero-order valence-corrected chi connectivity index (χ0v) is 79.6. The van der Waals surface area contributed by atoms with Crippen LogP contribution in [0.5, 0.6) is 34.6 Å². The van der Waals surface area contributed by atoms with Crippen LogP contribution in [-0.2, 0) is 66.0 Å². The molecule has 44 heteroatoms. The van der Waals surface area contributed by atoms with E-state index in [1.165, 1.54) is 129 Å². The largest absolute Gasteiger partial charge is 0.534 e. The van der Waals surface area contributed by atoms with E-state index in [1.807, 2.05) is 44.2 Å². The number of aromatic carboxylic acids is 1. The highest BCUT2D eigenvalue weighted by Crippen LogP contribution is 2.42. The number of carbonyl (C=O) groups is 4. The number of methoxy groups -OCH3 is 1. The van der Waals surface area contributed by atoms with Crippen LogP contribution in [0.3, 0.4) is 0 Å². The quantitative estimate of drug-likeness (QED) is 0.0126. The summed E-state index contributed by atoms with van der Waals surface area (Å²) in [4.78, 5) is 116. The van der Waals surface area contributed by atoms with Gasteiger partial charge >= 0.3 is 46.0 Å². The zero-order valence-electron chi connectivity index (χ0n) is 78.0. The Hall–Kier alpha value is -16.9. The summed E-state index contributed by atoms with van der Waals surface area (Å²) in [7, 11) is -4.76. The van der Waals surface area contributed by atoms with Gasteiger partial charge in [-0.1, -0.05) is 47.5 Å². The molecule has 0 atom stereocenters. The summed E-state index contributed by atoms with van der Waals surface area (Å²) in [6.45, 7) is 17.9. The van der Waals surface area contributed by atoms with Crippen molar-refractivity contribution in [1.29, 1.82) is 0 Å². The standard InChI is InChI=1S/C23H21F2N5O2.C19H15F2NO3.C18H13F2NO3.C13H11F4NO4S.C13H13FO2.C12H11ClFNO.3CO2/c1-2-32-22-18-10-7-15(23(31)26-11-3-4-17-13-27-30-29-17)12-19(18)28-21(20(22)25)14-5-8-16(24)9-6-14;1-3-25-18-14-9-6-12(19(23)24-2)10-15(14)22-17(16(18)21)11-4-7-13(20)8-5-11;1-2-24-17-13-8-5-11(18(22)23)9-14(13)21-16(15(17)20)10-3-6-12(19)7-4-10;1-3-21-11-8-5-4-7(2)6-9(8)18-12(10(11)14)22-23(19,20)13(15,16)17;1-3-16-13-10-5-4-8(2)6-9(10)7-11(15)12(13)14;1-3-16-11-8-5-4-7(2)6-9(8)15-12(13)10(11)14;3*2-1-3/h5-10,12-13H,2-4,11H2,1H3,(H,26,31)(H,27,29,30);4-10H,3H2,1-2H3;3-9H,2H2,1H3,(H,22,23);4-6H,3H2,1-2H3;4-6H,3,7H2,1-2H3;4-6H,3H2,1-2H3;;;. The molecule has 756 valence electrons. The van der Waals surface area contributed by atoms with Crippen LogP contribution < -0.4 is 33.2 Å². The number of Topliss-reactive ketones (excluding diaryl/α,β-unsaturated/α-hetero) is 1. The number of carbonyl (C=O) groups excluding carboxylic acids is 9. The Labute approximate surface area is 821 Å². The Balaban J connectivity index is 0.000000211. The van der Waals surface area contributed by atoms with Crippen LogP contribution in [0.2, 0.25) is 5.15 Å². The molecule has 6 heterocycles. The molecule has 0 unspecified atom stereocenters. The predicted octanol–water partition coefficient (Wildman–Crippen LogP) is 20.8. The Kier molecular flexibility index (Phi) is 42.0. The second kappa shape index (κ2) is 53.7. The van der Waals surface area contributed by atoms with Gasteiger partial charge in [0.15, 0.2) is 62.9 Å². The number of hydrogen-bond acceptors (Lipinski definition) is 27. The lowest BCUT2D eigenvalue weighted by Gasteiger charge is -2.18. The molecule has 0 spiro atoms. The van der Waals surface area contributed by atoms with Gasteiger partial charge in [0.2, 0.25) is 17.5 Å². The summed E-state index contributed by atoms with van der Waals surface area (Å²) < 4.78 is 226. The Morgan fingerprint density at radius 3 is 1.21 bits per heavy atom. The van der Waals surface area contributed by atoms with E-state index in [9.17, 15) is 75.9 Å². The van der Waals surface area contributed by atoms with E-state index < -0.39 is 97.3 Å².